The highest BCUT2D eigenvalue weighted by Crippen LogP contribution is 2.40. The number of amides is 1. The fraction of sp³-hybridized carbons (Fsp3) is 0.452. The Hall–Kier alpha value is -4.39. The molecule has 1 amide bonds. The van der Waals surface area contributed by atoms with E-state index in [-0.39, 0.29) is 11.6 Å². The fourth-order valence-electron chi connectivity index (χ4n) is 5.99. The Labute approximate surface area is 241 Å². The van der Waals surface area contributed by atoms with Crippen molar-refractivity contribution in [1.82, 2.24) is 29.2 Å². The van der Waals surface area contributed by atoms with Gasteiger partial charge in [0.15, 0.2) is 0 Å². The number of nitriles is 1. The Balaban J connectivity index is 1.39. The van der Waals surface area contributed by atoms with Crippen molar-refractivity contribution in [2.75, 3.05) is 19.6 Å². The summed E-state index contributed by atoms with van der Waals surface area (Å²) in [5, 5.41) is 18.5. The molecule has 10 nitrogen and oxygen atoms in total. The quantitative estimate of drug-likeness (QED) is 0.308. The van der Waals surface area contributed by atoms with E-state index in [2.05, 4.69) is 38.9 Å². The number of ether oxygens (including phenoxy) is 1. The zero-order valence-electron chi connectivity index (χ0n) is 24.6. The number of aliphatic imine (C=N–C) groups is 1. The van der Waals surface area contributed by atoms with Crippen LogP contribution in [0.15, 0.2) is 53.8 Å². The van der Waals surface area contributed by atoms with E-state index in [0.717, 1.165) is 78.9 Å². The number of carbonyl (C=O) groups is 1. The summed E-state index contributed by atoms with van der Waals surface area (Å²) >= 11 is 0. The third kappa shape index (κ3) is 5.62. The van der Waals surface area contributed by atoms with E-state index in [1.165, 1.54) is 0 Å². The summed E-state index contributed by atoms with van der Waals surface area (Å²) in [5.41, 5.74) is 4.42. The van der Waals surface area contributed by atoms with Gasteiger partial charge in [0.05, 0.1) is 23.5 Å². The zero-order chi connectivity index (χ0) is 29.4. The lowest BCUT2D eigenvalue weighted by Gasteiger charge is -2.45. The third-order valence-corrected chi connectivity index (χ3v) is 8.07. The first-order chi connectivity index (χ1) is 19.5. The van der Waals surface area contributed by atoms with Gasteiger partial charge in [0.1, 0.15) is 17.5 Å². The van der Waals surface area contributed by atoms with E-state index in [4.69, 9.17) is 4.74 Å². The number of pyridine rings is 1. The van der Waals surface area contributed by atoms with Crippen molar-refractivity contribution in [2.24, 2.45) is 12.0 Å². The predicted octanol–water partition coefficient (Wildman–Crippen LogP) is 5.42. The molecule has 3 aromatic rings. The number of rotatable bonds is 5. The first-order valence-corrected chi connectivity index (χ1v) is 14.1. The molecule has 41 heavy (non-hydrogen) atoms. The molecule has 2 aliphatic heterocycles. The van der Waals surface area contributed by atoms with Gasteiger partial charge in [-0.15, -0.1) is 0 Å². The summed E-state index contributed by atoms with van der Waals surface area (Å²) in [5.74, 6) is 0.787. The maximum absolute atomic E-state index is 13.0. The highest BCUT2D eigenvalue weighted by Gasteiger charge is 2.47. The van der Waals surface area contributed by atoms with Gasteiger partial charge < -0.3 is 14.5 Å². The van der Waals surface area contributed by atoms with Crippen molar-refractivity contribution >= 4 is 23.9 Å². The minimum absolute atomic E-state index is 0.162. The zero-order valence-corrected chi connectivity index (χ0v) is 24.6. The second-order valence-corrected chi connectivity index (χ2v) is 12.0. The molecule has 2 aliphatic rings. The summed E-state index contributed by atoms with van der Waals surface area (Å²) in [4.78, 5) is 21.5. The highest BCUT2D eigenvalue weighted by molar-refractivity contribution is 5.84. The van der Waals surface area contributed by atoms with E-state index < -0.39 is 5.60 Å². The lowest BCUT2D eigenvalue weighted by Crippen LogP contribution is -2.54. The molecule has 0 bridgehead atoms. The van der Waals surface area contributed by atoms with Crippen LogP contribution in [-0.4, -0.2) is 72.8 Å². The number of aryl methyl sites for hydroxylation is 1. The molecule has 2 saturated heterocycles. The van der Waals surface area contributed by atoms with Crippen LogP contribution >= 0.6 is 0 Å². The topological polar surface area (TPSA) is 104 Å². The van der Waals surface area contributed by atoms with E-state index in [1.807, 2.05) is 70.4 Å². The van der Waals surface area contributed by atoms with Gasteiger partial charge in [-0.25, -0.2) is 14.3 Å². The van der Waals surface area contributed by atoms with Crippen LogP contribution in [0, 0.1) is 11.3 Å². The number of allylic oxidation sites excluding steroid dienone is 3. The summed E-state index contributed by atoms with van der Waals surface area (Å²) in [6, 6.07) is 4.34. The minimum atomic E-state index is -0.511. The van der Waals surface area contributed by atoms with Crippen LogP contribution in [-0.2, 0) is 11.8 Å². The van der Waals surface area contributed by atoms with Crippen molar-refractivity contribution in [1.29, 1.82) is 5.26 Å². The second-order valence-electron chi connectivity index (χ2n) is 12.0. The number of hydrogen-bond acceptors (Lipinski definition) is 7. The van der Waals surface area contributed by atoms with E-state index in [9.17, 15) is 10.1 Å². The van der Waals surface area contributed by atoms with Crippen LogP contribution < -0.4 is 0 Å². The van der Waals surface area contributed by atoms with Crippen molar-refractivity contribution in [3.05, 3.63) is 60.0 Å². The van der Waals surface area contributed by atoms with Gasteiger partial charge in [0.2, 0.25) is 0 Å². The van der Waals surface area contributed by atoms with Crippen LogP contribution in [0.2, 0.25) is 0 Å². The molecule has 0 aliphatic carbocycles. The van der Waals surface area contributed by atoms with E-state index >= 15 is 0 Å². The number of fused-ring (bicyclic) bond motifs is 1. The molecular weight excluding hydrogens is 516 g/mol. The molecule has 0 radical (unpaired) electrons. The highest BCUT2D eigenvalue weighted by atomic mass is 16.6. The Bertz CT molecular complexity index is 1570. The number of piperidine rings is 1. The van der Waals surface area contributed by atoms with E-state index in [1.54, 1.807) is 15.4 Å². The number of likely N-dealkylation sites (tertiary alicyclic amines) is 2. The third-order valence-electron chi connectivity index (χ3n) is 8.07. The second kappa shape index (κ2) is 10.9. The molecule has 10 heteroatoms. The molecule has 0 N–H and O–H groups in total. The molecule has 5 heterocycles. The predicted molar refractivity (Wildman–Crippen MR) is 159 cm³/mol. The smallest absolute Gasteiger partial charge is 0.410 e. The van der Waals surface area contributed by atoms with Gasteiger partial charge in [-0.2, -0.15) is 15.5 Å². The molecule has 0 saturated carbocycles. The summed E-state index contributed by atoms with van der Waals surface area (Å²) in [6.07, 6.45) is 14.8. The molecule has 3 aromatic heterocycles. The maximum Gasteiger partial charge on any atom is 0.410 e. The molecule has 0 aromatic carbocycles. The number of carbonyl (C=O) groups excluding carboxylic acids is 1. The lowest BCUT2D eigenvalue weighted by atomic mass is 9.85. The standard InChI is InChI=1S/C31H38N8O2/c1-22(26-16-23(25-19-34-36(6)20-25)21-39-28(26)24(17-32)18-35-39)8-9-27(33-5)37-14-11-31(12-15-37)10-7-13-38(31)29(40)41-30(2,3)4/h8-9,16,18-21H,5,7,10-15H2,1-4,6H3/b22-8+,27-9+. The van der Waals surface area contributed by atoms with Gasteiger partial charge in [0, 0.05) is 61.3 Å². The molecule has 2 fully saturated rings. The van der Waals surface area contributed by atoms with Crippen LogP contribution in [0.3, 0.4) is 0 Å². The van der Waals surface area contributed by atoms with Crippen molar-refractivity contribution in [3.8, 4) is 17.2 Å². The van der Waals surface area contributed by atoms with Gasteiger partial charge in [-0.1, -0.05) is 6.08 Å². The first kappa shape index (κ1) is 28.1. The van der Waals surface area contributed by atoms with Crippen LogP contribution in [0.25, 0.3) is 22.2 Å². The largest absolute Gasteiger partial charge is 0.444 e. The lowest BCUT2D eigenvalue weighted by molar-refractivity contribution is -0.00430. The summed E-state index contributed by atoms with van der Waals surface area (Å²) < 4.78 is 9.24. The Morgan fingerprint density at radius 3 is 2.51 bits per heavy atom. The van der Waals surface area contributed by atoms with Gasteiger partial charge in [0.25, 0.3) is 0 Å². The Morgan fingerprint density at radius 1 is 1.12 bits per heavy atom. The normalized spacial score (nSPS) is 17.8. The summed E-state index contributed by atoms with van der Waals surface area (Å²) in [6.45, 7) is 13.9. The van der Waals surface area contributed by atoms with Gasteiger partial charge in [-0.05, 0) is 77.8 Å². The molecule has 0 unspecified atom stereocenters. The Kier molecular flexibility index (Phi) is 7.47. The van der Waals surface area contributed by atoms with Gasteiger partial charge >= 0.3 is 6.09 Å². The molecule has 214 valence electrons. The summed E-state index contributed by atoms with van der Waals surface area (Å²) in [7, 11) is 1.88. The molecule has 5 rings (SSSR count). The van der Waals surface area contributed by atoms with Crippen molar-refractivity contribution < 1.29 is 9.53 Å². The maximum atomic E-state index is 13.0. The monoisotopic (exact) mass is 554 g/mol. The molecule has 1 spiro atoms. The Morgan fingerprint density at radius 2 is 1.88 bits per heavy atom. The number of aromatic nitrogens is 4. The number of nitrogens with zero attached hydrogens (tertiary/aromatic N) is 8. The van der Waals surface area contributed by atoms with E-state index in [0.29, 0.717) is 5.56 Å². The van der Waals surface area contributed by atoms with Gasteiger partial charge in [-0.3, -0.25) is 4.68 Å². The average Bonchev–Trinajstić information content (AvgIpc) is 3.66. The SMILES string of the molecule is C=N/C(=C\C=C(/C)c1cc(-c2cnn(C)c2)cn2ncc(C#N)c12)N1CCC2(CCCN2C(=O)OC(C)(C)C)CC1. The van der Waals surface area contributed by atoms with Crippen molar-refractivity contribution in [3.63, 3.8) is 0 Å². The average molecular weight is 555 g/mol. The fourth-order valence-corrected chi connectivity index (χ4v) is 5.99. The molecule has 0 atom stereocenters. The van der Waals surface area contributed by atoms with Crippen LogP contribution in [0.5, 0.6) is 0 Å². The number of hydrogen-bond donors (Lipinski definition) is 0. The molecular formula is C31H38N8O2. The minimum Gasteiger partial charge on any atom is -0.444 e. The van der Waals surface area contributed by atoms with Crippen LogP contribution in [0.4, 0.5) is 4.79 Å². The van der Waals surface area contributed by atoms with Crippen molar-refractivity contribution in [2.45, 2.75) is 64.5 Å². The first-order valence-electron chi connectivity index (χ1n) is 14.1. The van der Waals surface area contributed by atoms with Crippen LogP contribution in [0.1, 0.15) is 64.5 Å².